The molecule has 0 saturated carbocycles. The number of amides is 3. The third-order valence-electron chi connectivity index (χ3n) is 14.7. The summed E-state index contributed by atoms with van der Waals surface area (Å²) in [4.78, 5) is 66.2. The van der Waals surface area contributed by atoms with Crippen LogP contribution in [0.3, 0.4) is 0 Å². The SMILES string of the molecule is Cc1ncsc1-c1ccc(CNC(=O)[C@H]2C[C@H](O)CN2C(=O)[C@H](NC(=O)CCOCCOC[C@H]2CC[C@@]3(COc4nc(N5CC6CCC(C5)N6)c5cnc(C)c(F)c5n4)CCCN23)C(C)(C)C)cc1. The van der Waals surface area contributed by atoms with Crippen molar-refractivity contribution in [1.29, 1.82) is 0 Å². The van der Waals surface area contributed by atoms with E-state index in [1.165, 1.54) is 4.90 Å². The van der Waals surface area contributed by atoms with Gasteiger partial charge in [-0.1, -0.05) is 45.0 Å². The van der Waals surface area contributed by atoms with Gasteiger partial charge in [-0.25, -0.2) is 9.37 Å². The number of nitrogens with zero attached hydrogens (tertiary/aromatic N) is 7. The number of ether oxygens (including phenoxy) is 3. The van der Waals surface area contributed by atoms with E-state index in [2.05, 4.69) is 40.7 Å². The number of β-amino-alcohol motifs (C(OH)–C–C–N with tert-alkyl or cyclic N) is 1. The van der Waals surface area contributed by atoms with Crippen molar-refractivity contribution in [3.8, 4) is 16.5 Å². The van der Waals surface area contributed by atoms with E-state index in [0.717, 1.165) is 79.9 Å². The Bertz CT molecular complexity index is 2480. The molecule has 17 nitrogen and oxygen atoms in total. The minimum atomic E-state index is -0.930. The van der Waals surface area contributed by atoms with Gasteiger partial charge in [0, 0.05) is 63.3 Å². The molecule has 2 bridgehead atoms. The number of fused-ring (bicyclic) bond motifs is 4. The largest absolute Gasteiger partial charge is 0.461 e. The Balaban J connectivity index is 0.712. The maximum atomic E-state index is 15.5. The molecule has 0 radical (unpaired) electrons. The van der Waals surface area contributed by atoms with E-state index in [-0.39, 0.29) is 67.5 Å². The molecule has 69 heavy (non-hydrogen) atoms. The predicted molar refractivity (Wildman–Crippen MR) is 259 cm³/mol. The lowest BCUT2D eigenvalue weighted by molar-refractivity contribution is -0.144. The molecule has 4 aromatic rings. The maximum Gasteiger partial charge on any atom is 0.319 e. The van der Waals surface area contributed by atoms with Gasteiger partial charge in [0.15, 0.2) is 5.82 Å². The zero-order valence-corrected chi connectivity index (χ0v) is 41.3. The molecule has 5 aliphatic heterocycles. The summed E-state index contributed by atoms with van der Waals surface area (Å²) in [6.07, 6.45) is 7.12. The highest BCUT2D eigenvalue weighted by Crippen LogP contribution is 2.43. The second kappa shape index (κ2) is 20.8. The van der Waals surface area contributed by atoms with E-state index in [1.807, 2.05) is 57.5 Å². The number of halogens is 1. The van der Waals surface area contributed by atoms with E-state index < -0.39 is 35.3 Å². The lowest BCUT2D eigenvalue weighted by atomic mass is 9.85. The molecule has 5 saturated heterocycles. The number of hydrogen-bond donors (Lipinski definition) is 4. The Labute approximate surface area is 407 Å². The van der Waals surface area contributed by atoms with Crippen LogP contribution in [0.25, 0.3) is 21.3 Å². The summed E-state index contributed by atoms with van der Waals surface area (Å²) in [5.74, 6) is -0.885. The van der Waals surface area contributed by atoms with Crippen LogP contribution in [-0.4, -0.2) is 154 Å². The van der Waals surface area contributed by atoms with Crippen molar-refractivity contribution in [2.75, 3.05) is 64.1 Å². The number of anilines is 1. The minimum absolute atomic E-state index is 0.00193. The van der Waals surface area contributed by atoms with Crippen LogP contribution in [0.5, 0.6) is 6.01 Å². The number of pyridine rings is 1. The minimum Gasteiger partial charge on any atom is -0.461 e. The number of aryl methyl sites for hydroxylation is 2. The van der Waals surface area contributed by atoms with Crippen LogP contribution in [0.1, 0.15) is 89.1 Å². The van der Waals surface area contributed by atoms with Crippen molar-refractivity contribution >= 4 is 45.8 Å². The van der Waals surface area contributed by atoms with Crippen molar-refractivity contribution in [1.82, 2.24) is 45.7 Å². The Morgan fingerprint density at radius 1 is 0.986 bits per heavy atom. The van der Waals surface area contributed by atoms with Crippen LogP contribution in [0.2, 0.25) is 0 Å². The van der Waals surface area contributed by atoms with Crippen LogP contribution in [0.4, 0.5) is 10.2 Å². The van der Waals surface area contributed by atoms with Crippen molar-refractivity contribution in [3.63, 3.8) is 0 Å². The Morgan fingerprint density at radius 2 is 1.75 bits per heavy atom. The molecule has 3 aromatic heterocycles. The van der Waals surface area contributed by atoms with Crippen molar-refractivity contribution in [2.24, 2.45) is 5.41 Å². The first-order valence-electron chi connectivity index (χ1n) is 24.6. The van der Waals surface area contributed by atoms with Crippen molar-refractivity contribution in [3.05, 3.63) is 58.7 Å². The fourth-order valence-electron chi connectivity index (χ4n) is 11.0. The highest BCUT2D eigenvalue weighted by molar-refractivity contribution is 7.13. The van der Waals surface area contributed by atoms with Gasteiger partial charge in [0.1, 0.15) is 30.0 Å². The molecule has 0 spiro atoms. The molecule has 1 aromatic carbocycles. The molecular weight excluding hydrogens is 904 g/mol. The van der Waals surface area contributed by atoms with Gasteiger partial charge in [-0.15, -0.1) is 11.3 Å². The Hall–Kier alpha value is -4.92. The molecule has 7 atom stereocenters. The van der Waals surface area contributed by atoms with Gasteiger partial charge in [-0.2, -0.15) is 9.97 Å². The van der Waals surface area contributed by atoms with Gasteiger partial charge in [0.25, 0.3) is 0 Å². The second-order valence-corrected chi connectivity index (χ2v) is 21.5. The fourth-order valence-corrected chi connectivity index (χ4v) is 11.8. The quantitative estimate of drug-likeness (QED) is 0.102. The highest BCUT2D eigenvalue weighted by atomic mass is 32.1. The summed E-state index contributed by atoms with van der Waals surface area (Å²) in [6.45, 7) is 13.7. The highest BCUT2D eigenvalue weighted by Gasteiger charge is 2.50. The number of carbonyl (C=O) groups excluding carboxylic acids is 3. The van der Waals surface area contributed by atoms with E-state index in [0.29, 0.717) is 55.4 Å². The van der Waals surface area contributed by atoms with Gasteiger partial charge < -0.3 is 45.1 Å². The van der Waals surface area contributed by atoms with Crippen LogP contribution in [0.15, 0.2) is 36.0 Å². The van der Waals surface area contributed by atoms with E-state index in [9.17, 15) is 19.5 Å². The molecule has 8 heterocycles. The summed E-state index contributed by atoms with van der Waals surface area (Å²) >= 11 is 1.58. The number of nitrogens with one attached hydrogen (secondary N) is 3. The molecule has 9 rings (SSSR count). The lowest BCUT2D eigenvalue weighted by Crippen LogP contribution is -2.57. The first-order valence-corrected chi connectivity index (χ1v) is 25.5. The molecule has 3 amide bonds. The number of carbonyl (C=O) groups is 3. The maximum absolute atomic E-state index is 15.5. The third-order valence-corrected chi connectivity index (χ3v) is 15.7. The van der Waals surface area contributed by atoms with E-state index >= 15 is 4.39 Å². The summed E-state index contributed by atoms with van der Waals surface area (Å²) in [5, 5.41) is 20.7. The van der Waals surface area contributed by atoms with Crippen LogP contribution in [0, 0.1) is 25.1 Å². The van der Waals surface area contributed by atoms with Gasteiger partial charge >= 0.3 is 6.01 Å². The topological polar surface area (TPSA) is 196 Å². The molecular formula is C50H67FN10O7S. The van der Waals surface area contributed by atoms with Crippen molar-refractivity contribution in [2.45, 2.75) is 134 Å². The Kier molecular flexibility index (Phi) is 14.8. The number of rotatable bonds is 18. The molecule has 4 N–H and O–H groups in total. The predicted octanol–water partition coefficient (Wildman–Crippen LogP) is 4.45. The number of aromatic nitrogens is 4. The average Bonchev–Trinajstić information content (AvgIpc) is 4.17. The number of benzene rings is 1. The summed E-state index contributed by atoms with van der Waals surface area (Å²) in [6, 6.07) is 7.26. The van der Waals surface area contributed by atoms with Crippen LogP contribution < -0.4 is 25.6 Å². The van der Waals surface area contributed by atoms with Crippen LogP contribution in [-0.2, 0) is 30.4 Å². The van der Waals surface area contributed by atoms with Gasteiger partial charge in [0.2, 0.25) is 17.7 Å². The number of aliphatic hydroxyl groups is 1. The van der Waals surface area contributed by atoms with E-state index in [1.54, 1.807) is 24.5 Å². The Morgan fingerprint density at radius 3 is 2.49 bits per heavy atom. The third kappa shape index (κ3) is 10.9. The van der Waals surface area contributed by atoms with Gasteiger partial charge in [-0.05, 0) is 75.5 Å². The zero-order chi connectivity index (χ0) is 48.5. The molecule has 372 valence electrons. The first-order chi connectivity index (χ1) is 33.2. The molecule has 5 fully saturated rings. The monoisotopic (exact) mass is 970 g/mol. The van der Waals surface area contributed by atoms with Crippen molar-refractivity contribution < 1.29 is 38.1 Å². The van der Waals surface area contributed by atoms with Gasteiger partial charge in [-0.3, -0.25) is 24.3 Å². The number of hydrogen-bond acceptors (Lipinski definition) is 15. The number of likely N-dealkylation sites (tertiary alicyclic amines) is 1. The van der Waals surface area contributed by atoms with Gasteiger partial charge in [0.05, 0.1) is 65.2 Å². The lowest BCUT2D eigenvalue weighted by Gasteiger charge is -2.35. The average molecular weight is 971 g/mol. The molecule has 19 heteroatoms. The number of piperazine rings is 1. The van der Waals surface area contributed by atoms with E-state index in [4.69, 9.17) is 19.2 Å². The molecule has 2 unspecified atom stereocenters. The smallest absolute Gasteiger partial charge is 0.319 e. The summed E-state index contributed by atoms with van der Waals surface area (Å²) in [5.41, 5.74) is 4.42. The molecule has 5 aliphatic rings. The standard InChI is InChI=1S/C50H67FN10O7S/c1-30-41(51)42-38(23-52-30)45(59-24-34-11-12-35(25-59)55-34)58-48(57-42)68-28-50-15-6-17-61(50)36(13-16-50)27-67-20-19-66-18-14-40(63)56-44(49(3,4)5)47(65)60-26-37(62)21-39(60)46(64)53-22-32-7-9-33(10-8-32)43-31(2)54-29-69-43/h7-10,23,29,34-37,39,44,55,62H,6,11-22,24-28H2,1-5H3,(H,53,64)(H,56,63)/t34?,35?,36-,37+,39-,44+,50-/m1/s1. The fraction of sp³-hybridized carbons (Fsp3) is 0.620. The number of thiazole rings is 1. The number of aliphatic hydroxyl groups excluding tert-OH is 1. The zero-order valence-electron chi connectivity index (χ0n) is 40.5. The first kappa shape index (κ1) is 49.1. The normalized spacial score (nSPS) is 25.1. The molecule has 0 aliphatic carbocycles. The summed E-state index contributed by atoms with van der Waals surface area (Å²) in [7, 11) is 0. The van der Waals surface area contributed by atoms with Crippen LogP contribution >= 0.6 is 11.3 Å². The second-order valence-electron chi connectivity index (χ2n) is 20.7. The summed E-state index contributed by atoms with van der Waals surface area (Å²) < 4.78 is 33.9.